The highest BCUT2D eigenvalue weighted by Gasteiger charge is 2.23. The molecule has 12 heteroatoms. The van der Waals surface area contributed by atoms with E-state index in [0.29, 0.717) is 30.0 Å². The number of pyridine rings is 1. The first-order chi connectivity index (χ1) is 20.9. The number of imidazole rings is 1. The third-order valence-electron chi connectivity index (χ3n) is 7.44. The predicted octanol–water partition coefficient (Wildman–Crippen LogP) is 6.04. The van der Waals surface area contributed by atoms with Gasteiger partial charge in [0.1, 0.15) is 35.1 Å². The van der Waals surface area contributed by atoms with Gasteiger partial charge < -0.3 is 19.1 Å². The number of hydrogen-bond donors (Lipinski definition) is 1. The van der Waals surface area contributed by atoms with Crippen LogP contribution in [0.25, 0.3) is 33.3 Å². The molecule has 1 atom stereocenters. The Morgan fingerprint density at radius 2 is 1.84 bits per heavy atom. The smallest absolute Gasteiger partial charge is 0.335 e. The average molecular weight is 600 g/mol. The van der Waals surface area contributed by atoms with Gasteiger partial charge in [-0.2, -0.15) is 8.75 Å². The number of halogens is 2. The molecule has 1 aliphatic rings. The molecule has 0 bridgehead atoms. The summed E-state index contributed by atoms with van der Waals surface area (Å²) in [4.78, 5) is 20.6. The predicted molar refractivity (Wildman–Crippen MR) is 155 cm³/mol. The maximum absolute atomic E-state index is 15.5. The van der Waals surface area contributed by atoms with Crippen LogP contribution >= 0.6 is 11.7 Å². The molecule has 43 heavy (non-hydrogen) atoms. The number of benzene rings is 3. The van der Waals surface area contributed by atoms with Crippen molar-refractivity contribution < 1.29 is 28.2 Å². The first-order valence-electron chi connectivity index (χ1n) is 13.5. The summed E-state index contributed by atoms with van der Waals surface area (Å²) in [7, 11) is 0. The maximum atomic E-state index is 15.5. The van der Waals surface area contributed by atoms with Gasteiger partial charge in [-0.25, -0.2) is 23.5 Å². The van der Waals surface area contributed by atoms with Gasteiger partial charge in [0.25, 0.3) is 0 Å². The van der Waals surface area contributed by atoms with Gasteiger partial charge in [-0.15, -0.1) is 0 Å². The number of nitrogens with zero attached hydrogens (tertiary/aromatic N) is 5. The summed E-state index contributed by atoms with van der Waals surface area (Å²) in [6.07, 6.45) is 0.799. The van der Waals surface area contributed by atoms with E-state index in [-0.39, 0.29) is 47.4 Å². The maximum Gasteiger partial charge on any atom is 0.335 e. The van der Waals surface area contributed by atoms with Crippen LogP contribution in [-0.2, 0) is 24.3 Å². The van der Waals surface area contributed by atoms with Gasteiger partial charge >= 0.3 is 5.97 Å². The quantitative estimate of drug-likeness (QED) is 0.214. The lowest BCUT2D eigenvalue weighted by Gasteiger charge is -2.27. The van der Waals surface area contributed by atoms with Crippen molar-refractivity contribution in [3.8, 4) is 17.1 Å². The van der Waals surface area contributed by atoms with E-state index in [1.807, 2.05) is 22.8 Å². The number of aromatic nitrogens is 5. The molecule has 0 amide bonds. The summed E-state index contributed by atoms with van der Waals surface area (Å²) in [5.74, 6) is -1.55. The Morgan fingerprint density at radius 1 is 1.00 bits per heavy atom. The Kier molecular flexibility index (Phi) is 6.99. The molecule has 4 heterocycles. The molecule has 0 spiro atoms. The molecule has 0 unspecified atom stereocenters. The second kappa shape index (κ2) is 11.1. The largest absolute Gasteiger partial charge is 0.478 e. The number of carbonyl (C=O) groups is 1. The molecule has 1 N–H and O–H groups in total. The molecule has 1 saturated heterocycles. The molecule has 1 aliphatic heterocycles. The van der Waals surface area contributed by atoms with E-state index < -0.39 is 17.6 Å². The molecule has 3 aromatic heterocycles. The van der Waals surface area contributed by atoms with Crippen molar-refractivity contribution in [2.45, 2.75) is 32.1 Å². The van der Waals surface area contributed by atoms with E-state index in [0.717, 1.165) is 46.9 Å². The lowest BCUT2D eigenvalue weighted by molar-refractivity contribution is -0.0589. The third-order valence-corrected chi connectivity index (χ3v) is 8.00. The van der Waals surface area contributed by atoms with Crippen LogP contribution in [0.2, 0.25) is 0 Å². The lowest BCUT2D eigenvalue weighted by atomic mass is 10.0. The Morgan fingerprint density at radius 3 is 2.65 bits per heavy atom. The summed E-state index contributed by atoms with van der Waals surface area (Å²) in [6, 6.07) is 17.5. The number of fused-ring (bicyclic) bond motifs is 2. The monoisotopic (exact) mass is 599 g/mol. The zero-order chi connectivity index (χ0) is 29.5. The third kappa shape index (κ3) is 5.42. The van der Waals surface area contributed by atoms with Crippen molar-refractivity contribution in [2.24, 2.45) is 0 Å². The minimum Gasteiger partial charge on any atom is -0.478 e. The van der Waals surface area contributed by atoms with Crippen molar-refractivity contribution in [1.82, 2.24) is 23.3 Å². The number of rotatable bonds is 9. The first-order valence-corrected chi connectivity index (χ1v) is 14.3. The molecule has 0 aliphatic carbocycles. The summed E-state index contributed by atoms with van der Waals surface area (Å²) in [6.45, 7) is 1.30. The SMILES string of the molecule is O=C(O)c1ccc2nc(Cc3cc(F)c(-c4cccc(OCc5ccc6nsnc6c5)n4)cc3F)n(C[C@@H]3CCO3)c2c1. The zero-order valence-electron chi connectivity index (χ0n) is 22.5. The van der Waals surface area contributed by atoms with E-state index in [1.54, 1.807) is 30.3 Å². The Bertz CT molecular complexity index is 2010. The van der Waals surface area contributed by atoms with Gasteiger partial charge in [0.2, 0.25) is 5.88 Å². The van der Waals surface area contributed by atoms with E-state index >= 15 is 8.78 Å². The van der Waals surface area contributed by atoms with Gasteiger partial charge in [-0.05, 0) is 66.1 Å². The van der Waals surface area contributed by atoms with Crippen molar-refractivity contribution in [1.29, 1.82) is 0 Å². The molecule has 0 radical (unpaired) electrons. The highest BCUT2D eigenvalue weighted by atomic mass is 32.1. The summed E-state index contributed by atoms with van der Waals surface area (Å²) < 4.78 is 52.6. The number of hydrogen-bond acceptors (Lipinski definition) is 8. The summed E-state index contributed by atoms with van der Waals surface area (Å²) >= 11 is 1.14. The molecule has 216 valence electrons. The highest BCUT2D eigenvalue weighted by Crippen LogP contribution is 2.29. The molecule has 7 rings (SSSR count). The molecule has 0 saturated carbocycles. The van der Waals surface area contributed by atoms with Crippen molar-refractivity contribution in [3.63, 3.8) is 0 Å². The molecule has 9 nitrogen and oxygen atoms in total. The molecular weight excluding hydrogens is 576 g/mol. The van der Waals surface area contributed by atoms with Crippen LogP contribution in [0.1, 0.15) is 33.7 Å². The first kappa shape index (κ1) is 27.0. The minimum absolute atomic E-state index is 0.00225. The fourth-order valence-corrected chi connectivity index (χ4v) is 5.60. The topological polar surface area (TPSA) is 112 Å². The molecule has 3 aromatic carbocycles. The average Bonchev–Trinajstić information content (AvgIpc) is 3.59. The Hall–Kier alpha value is -4.81. The second-order valence-corrected chi connectivity index (χ2v) is 10.8. The fourth-order valence-electron chi connectivity index (χ4n) is 5.09. The van der Waals surface area contributed by atoms with Crippen LogP contribution in [0.3, 0.4) is 0 Å². The summed E-state index contributed by atoms with van der Waals surface area (Å²) in [5, 5.41) is 9.47. The number of ether oxygens (including phenoxy) is 2. The normalized spacial score (nSPS) is 14.7. The Labute approximate surface area is 247 Å². The van der Waals surface area contributed by atoms with Crippen LogP contribution in [0.15, 0.2) is 66.7 Å². The zero-order valence-corrected chi connectivity index (χ0v) is 23.4. The Balaban J connectivity index is 1.14. The second-order valence-electron chi connectivity index (χ2n) is 10.3. The van der Waals surface area contributed by atoms with Crippen molar-refractivity contribution >= 4 is 39.8 Å². The number of carboxylic acids is 1. The van der Waals surface area contributed by atoms with Gasteiger partial charge in [0, 0.05) is 24.7 Å². The van der Waals surface area contributed by atoms with Crippen LogP contribution in [0.4, 0.5) is 8.78 Å². The molecular formula is C31H23F2N5O4S. The highest BCUT2D eigenvalue weighted by molar-refractivity contribution is 7.00. The van der Waals surface area contributed by atoms with Crippen molar-refractivity contribution in [3.05, 3.63) is 101 Å². The van der Waals surface area contributed by atoms with Gasteiger partial charge in [-0.3, -0.25) is 0 Å². The van der Waals surface area contributed by atoms with Crippen LogP contribution < -0.4 is 4.74 Å². The van der Waals surface area contributed by atoms with E-state index in [2.05, 4.69) is 18.7 Å². The standard InChI is InChI=1S/C31H23F2N5O4S/c32-22-14-21(24-2-1-3-30(35-24)42-16-17-4-6-25-27(10-17)37-43-36-25)23(33)11-19(22)13-29-34-26-7-5-18(31(39)40)12-28(26)38(29)15-20-8-9-41-20/h1-7,10-12,14,20H,8-9,13,15-16H2,(H,39,40)/t20-/m0/s1. The van der Waals surface area contributed by atoms with Crippen LogP contribution in [0.5, 0.6) is 5.88 Å². The number of carboxylic acid groups (broad SMARTS) is 1. The van der Waals surface area contributed by atoms with E-state index in [1.165, 1.54) is 6.07 Å². The van der Waals surface area contributed by atoms with E-state index in [9.17, 15) is 9.90 Å². The number of aromatic carboxylic acids is 1. The van der Waals surface area contributed by atoms with Gasteiger partial charge in [-0.1, -0.05) is 12.1 Å². The minimum atomic E-state index is -1.06. The van der Waals surface area contributed by atoms with Crippen LogP contribution in [0, 0.1) is 11.6 Å². The molecule has 6 aromatic rings. The summed E-state index contributed by atoms with van der Waals surface area (Å²) in [5.41, 5.74) is 4.11. The van der Waals surface area contributed by atoms with E-state index in [4.69, 9.17) is 9.47 Å². The van der Waals surface area contributed by atoms with Crippen LogP contribution in [-0.4, -0.2) is 47.1 Å². The lowest BCUT2D eigenvalue weighted by Crippen LogP contribution is -2.31. The van der Waals surface area contributed by atoms with Gasteiger partial charge in [0.05, 0.1) is 46.7 Å². The van der Waals surface area contributed by atoms with Crippen molar-refractivity contribution in [2.75, 3.05) is 6.61 Å². The molecule has 1 fully saturated rings. The fraction of sp³-hybridized carbons (Fsp3) is 0.194. The van der Waals surface area contributed by atoms with Gasteiger partial charge in [0.15, 0.2) is 0 Å².